The van der Waals surface area contributed by atoms with Crippen LogP contribution in [0.3, 0.4) is 0 Å². The summed E-state index contributed by atoms with van der Waals surface area (Å²) in [5.41, 5.74) is 0. The highest BCUT2D eigenvalue weighted by molar-refractivity contribution is 6.65. The average Bonchev–Trinajstić information content (AvgIpc) is 2.55. The SMILES string of the molecule is CCCCCCCCCCCCCCCC[Si](C)(OC)OC. The molecule has 0 unspecified atom stereocenters. The van der Waals surface area contributed by atoms with Gasteiger partial charge < -0.3 is 8.85 Å². The maximum Gasteiger partial charge on any atom is 0.334 e. The molecule has 0 atom stereocenters. The van der Waals surface area contributed by atoms with Gasteiger partial charge in [0, 0.05) is 14.2 Å². The van der Waals surface area contributed by atoms with Gasteiger partial charge in [-0.1, -0.05) is 96.8 Å². The fourth-order valence-electron chi connectivity index (χ4n) is 2.93. The molecular weight excluding hydrogens is 288 g/mol. The summed E-state index contributed by atoms with van der Waals surface area (Å²) in [6.45, 7) is 4.45. The van der Waals surface area contributed by atoms with Crippen LogP contribution in [0.25, 0.3) is 0 Å². The van der Waals surface area contributed by atoms with Crippen LogP contribution < -0.4 is 0 Å². The monoisotopic (exact) mass is 330 g/mol. The van der Waals surface area contributed by atoms with E-state index in [4.69, 9.17) is 8.85 Å². The van der Waals surface area contributed by atoms with Crippen LogP contribution in [0.2, 0.25) is 12.6 Å². The number of hydrogen-bond donors (Lipinski definition) is 0. The highest BCUT2D eigenvalue weighted by atomic mass is 28.4. The van der Waals surface area contributed by atoms with E-state index in [-0.39, 0.29) is 0 Å². The van der Waals surface area contributed by atoms with Gasteiger partial charge in [0.25, 0.3) is 0 Å². The first kappa shape index (κ1) is 22.1. The Hall–Kier alpha value is 0.137. The zero-order valence-electron chi connectivity index (χ0n) is 15.9. The normalized spacial score (nSPS) is 12.0. The van der Waals surface area contributed by atoms with Crippen LogP contribution in [-0.2, 0) is 8.85 Å². The molecule has 0 aromatic carbocycles. The Morgan fingerprint density at radius 2 is 0.864 bits per heavy atom. The highest BCUT2D eigenvalue weighted by Gasteiger charge is 2.27. The molecule has 0 saturated carbocycles. The predicted octanol–water partition coefficient (Wildman–Crippen LogP) is 6.83. The van der Waals surface area contributed by atoms with E-state index in [1.54, 1.807) is 14.2 Å². The van der Waals surface area contributed by atoms with Gasteiger partial charge in [0.15, 0.2) is 0 Å². The fourth-order valence-corrected chi connectivity index (χ4v) is 4.40. The zero-order chi connectivity index (χ0) is 16.5. The standard InChI is InChI=1S/C19H42O2Si/c1-5-6-7-8-9-10-11-12-13-14-15-16-17-18-19-22(4,20-2)21-3/h5-19H2,1-4H3. The van der Waals surface area contributed by atoms with Gasteiger partial charge in [-0.2, -0.15) is 0 Å². The van der Waals surface area contributed by atoms with Crippen LogP contribution >= 0.6 is 0 Å². The second-order valence-corrected chi connectivity index (χ2v) is 10.5. The third-order valence-corrected chi connectivity index (χ3v) is 7.84. The van der Waals surface area contributed by atoms with Gasteiger partial charge in [0.2, 0.25) is 0 Å². The van der Waals surface area contributed by atoms with Crippen molar-refractivity contribution in [2.75, 3.05) is 14.2 Å². The van der Waals surface area contributed by atoms with E-state index in [1.807, 2.05) is 0 Å². The summed E-state index contributed by atoms with van der Waals surface area (Å²) in [5, 5.41) is 0. The minimum Gasteiger partial charge on any atom is -0.398 e. The molecule has 0 radical (unpaired) electrons. The van der Waals surface area contributed by atoms with Crippen molar-refractivity contribution in [2.24, 2.45) is 0 Å². The molecule has 0 aromatic heterocycles. The molecule has 0 heterocycles. The van der Waals surface area contributed by atoms with Gasteiger partial charge in [0.05, 0.1) is 0 Å². The molecule has 0 spiro atoms. The molecule has 0 N–H and O–H groups in total. The molecule has 0 amide bonds. The first-order valence-electron chi connectivity index (χ1n) is 9.79. The molecular formula is C19H42O2Si. The Bertz CT molecular complexity index is 217. The Balaban J connectivity index is 3.14. The minimum absolute atomic E-state index is 1.14. The third kappa shape index (κ3) is 13.8. The first-order valence-corrected chi connectivity index (χ1v) is 12.3. The summed E-state index contributed by atoms with van der Waals surface area (Å²) in [7, 11) is 1.78. The molecule has 134 valence electrons. The number of unbranched alkanes of at least 4 members (excludes halogenated alkanes) is 13. The van der Waals surface area contributed by atoms with Crippen molar-refractivity contribution >= 4 is 8.56 Å². The predicted molar refractivity (Wildman–Crippen MR) is 101 cm³/mol. The smallest absolute Gasteiger partial charge is 0.334 e. The van der Waals surface area contributed by atoms with Crippen molar-refractivity contribution in [1.82, 2.24) is 0 Å². The molecule has 22 heavy (non-hydrogen) atoms. The van der Waals surface area contributed by atoms with Crippen molar-refractivity contribution in [2.45, 2.75) is 109 Å². The molecule has 2 nitrogen and oxygen atoms in total. The van der Waals surface area contributed by atoms with Crippen LogP contribution in [0.15, 0.2) is 0 Å². The van der Waals surface area contributed by atoms with Crippen molar-refractivity contribution in [3.05, 3.63) is 0 Å². The molecule has 0 rings (SSSR count). The van der Waals surface area contributed by atoms with E-state index in [0.29, 0.717) is 0 Å². The summed E-state index contributed by atoms with van der Waals surface area (Å²) >= 11 is 0. The zero-order valence-corrected chi connectivity index (χ0v) is 16.9. The van der Waals surface area contributed by atoms with Crippen molar-refractivity contribution < 1.29 is 8.85 Å². The average molecular weight is 331 g/mol. The molecule has 0 aromatic rings. The topological polar surface area (TPSA) is 18.5 Å². The van der Waals surface area contributed by atoms with E-state index in [1.165, 1.54) is 89.9 Å². The van der Waals surface area contributed by atoms with Gasteiger partial charge in [0.1, 0.15) is 0 Å². The van der Waals surface area contributed by atoms with E-state index >= 15 is 0 Å². The quantitative estimate of drug-likeness (QED) is 0.215. The molecule has 0 aliphatic heterocycles. The van der Waals surface area contributed by atoms with Crippen LogP contribution in [0, 0.1) is 0 Å². The molecule has 0 fully saturated rings. The van der Waals surface area contributed by atoms with Crippen LogP contribution in [0.1, 0.15) is 96.8 Å². The van der Waals surface area contributed by atoms with Gasteiger partial charge in [-0.3, -0.25) is 0 Å². The van der Waals surface area contributed by atoms with Crippen LogP contribution in [0.4, 0.5) is 0 Å². The maximum absolute atomic E-state index is 5.52. The molecule has 3 heteroatoms. The Morgan fingerprint density at radius 1 is 0.545 bits per heavy atom. The summed E-state index contributed by atoms with van der Waals surface area (Å²) in [5.74, 6) is 0. The fraction of sp³-hybridized carbons (Fsp3) is 1.00. The molecule has 0 bridgehead atoms. The lowest BCUT2D eigenvalue weighted by atomic mass is 10.0. The lowest BCUT2D eigenvalue weighted by Gasteiger charge is -2.22. The number of rotatable bonds is 17. The minimum atomic E-state index is -1.80. The molecule has 0 aliphatic carbocycles. The van der Waals surface area contributed by atoms with Gasteiger partial charge in [-0.25, -0.2) is 0 Å². The Morgan fingerprint density at radius 3 is 1.18 bits per heavy atom. The van der Waals surface area contributed by atoms with Gasteiger partial charge >= 0.3 is 8.56 Å². The van der Waals surface area contributed by atoms with Crippen LogP contribution in [0.5, 0.6) is 0 Å². The van der Waals surface area contributed by atoms with Gasteiger partial charge in [-0.05, 0) is 12.6 Å². The van der Waals surface area contributed by atoms with E-state index in [2.05, 4.69) is 13.5 Å². The lowest BCUT2D eigenvalue weighted by Crippen LogP contribution is -2.35. The lowest BCUT2D eigenvalue weighted by molar-refractivity contribution is 0.248. The van der Waals surface area contributed by atoms with E-state index < -0.39 is 8.56 Å². The van der Waals surface area contributed by atoms with Crippen molar-refractivity contribution in [1.29, 1.82) is 0 Å². The summed E-state index contributed by atoms with van der Waals surface area (Å²) < 4.78 is 11.0. The summed E-state index contributed by atoms with van der Waals surface area (Å²) in [4.78, 5) is 0. The van der Waals surface area contributed by atoms with E-state index in [0.717, 1.165) is 6.04 Å². The van der Waals surface area contributed by atoms with Crippen molar-refractivity contribution in [3.63, 3.8) is 0 Å². The van der Waals surface area contributed by atoms with Gasteiger partial charge in [-0.15, -0.1) is 0 Å². The van der Waals surface area contributed by atoms with E-state index in [9.17, 15) is 0 Å². The highest BCUT2D eigenvalue weighted by Crippen LogP contribution is 2.18. The second kappa shape index (κ2) is 16.0. The first-order chi connectivity index (χ1) is 10.7. The number of hydrogen-bond acceptors (Lipinski definition) is 2. The molecule has 0 saturated heterocycles. The molecule has 0 aliphatic rings. The third-order valence-electron chi connectivity index (χ3n) is 4.85. The summed E-state index contributed by atoms with van der Waals surface area (Å²) in [6, 6.07) is 1.14. The Kier molecular flexibility index (Phi) is 16.1. The second-order valence-electron chi connectivity index (χ2n) is 6.89. The maximum atomic E-state index is 5.52. The van der Waals surface area contributed by atoms with Crippen molar-refractivity contribution in [3.8, 4) is 0 Å². The Labute approximate surface area is 141 Å². The largest absolute Gasteiger partial charge is 0.398 e. The van der Waals surface area contributed by atoms with Crippen LogP contribution in [-0.4, -0.2) is 22.8 Å². The summed E-state index contributed by atoms with van der Waals surface area (Å²) in [6.07, 6.45) is 19.8.